The molecule has 6 rings (SSSR count). The largest absolute Gasteiger partial charge is 0.460 e. The molecule has 2 N–H and O–H groups in total. The van der Waals surface area contributed by atoms with Gasteiger partial charge in [0.05, 0.1) is 29.4 Å². The number of aromatic nitrogens is 3. The van der Waals surface area contributed by atoms with Crippen LogP contribution in [0.3, 0.4) is 0 Å². The number of amides is 2. The third-order valence-electron chi connectivity index (χ3n) is 8.97. The summed E-state index contributed by atoms with van der Waals surface area (Å²) in [6.07, 6.45) is -4.42. The Kier molecular flexibility index (Phi) is 9.51. The van der Waals surface area contributed by atoms with Crippen molar-refractivity contribution in [1.29, 1.82) is 0 Å². The Labute approximate surface area is 296 Å². The number of carbonyl (C=O) groups is 3. The summed E-state index contributed by atoms with van der Waals surface area (Å²) in [7, 11) is 0. The number of carbonyl (C=O) groups excluding carboxylic acids is 3. The molecule has 0 unspecified atom stereocenters. The molecule has 51 heavy (non-hydrogen) atoms. The molecule has 1 aromatic carbocycles. The van der Waals surface area contributed by atoms with Gasteiger partial charge in [0, 0.05) is 47.9 Å². The minimum atomic E-state index is -4.63. The number of ether oxygens (including phenoxy) is 1. The zero-order valence-corrected chi connectivity index (χ0v) is 29.2. The van der Waals surface area contributed by atoms with Crippen LogP contribution >= 0.6 is 11.6 Å². The highest BCUT2D eigenvalue weighted by Crippen LogP contribution is 2.40. The first-order valence-corrected chi connectivity index (χ1v) is 16.9. The molecule has 2 aliphatic heterocycles. The van der Waals surface area contributed by atoms with Crippen LogP contribution < -0.4 is 10.6 Å². The molecule has 1 saturated heterocycles. The first kappa shape index (κ1) is 36.1. The quantitative estimate of drug-likeness (QED) is 0.147. The van der Waals surface area contributed by atoms with Crippen LogP contribution in [0.15, 0.2) is 42.6 Å². The van der Waals surface area contributed by atoms with Gasteiger partial charge in [-0.15, -0.1) is 0 Å². The summed E-state index contributed by atoms with van der Waals surface area (Å²) in [5, 5.41) is 0.424. The molecule has 0 radical (unpaired) electrons. The van der Waals surface area contributed by atoms with E-state index in [0.717, 1.165) is 23.5 Å². The number of benzene rings is 1. The molecule has 270 valence electrons. The maximum atomic E-state index is 13.9. The van der Waals surface area contributed by atoms with Gasteiger partial charge in [0.15, 0.2) is 0 Å². The second-order valence-corrected chi connectivity index (χ2v) is 14.3. The molecule has 5 heterocycles. The van der Waals surface area contributed by atoms with E-state index in [1.807, 2.05) is 23.6 Å². The summed E-state index contributed by atoms with van der Waals surface area (Å²) in [6, 6.07) is 8.75. The van der Waals surface area contributed by atoms with E-state index in [1.54, 1.807) is 43.9 Å². The standard InChI is InChI=1S/C36H37ClF4N6O4/c1-5-23-12-26-25(31-27(37)11-21(14-43-31)36(39,40)41)13-29(45-17-22(38)18-45)44-33(26)46(23)15-19-6-7-24-20(10-19)16-47(34(24)50)28(32(42)49)8-9-30(48)51-35(2,3)4/h6-7,10-14,22,28H,5,8-9,15-18H2,1-4H3,(H2,42,49)/t28-/m0/s1. The first-order chi connectivity index (χ1) is 23.9. The summed E-state index contributed by atoms with van der Waals surface area (Å²) in [5.74, 6) is -1.17. The normalized spacial score (nSPS) is 15.7. The van der Waals surface area contributed by atoms with Crippen molar-refractivity contribution in [3.63, 3.8) is 0 Å². The number of aryl methyl sites for hydroxylation is 1. The van der Waals surface area contributed by atoms with Crippen LogP contribution in [0, 0.1) is 0 Å². The van der Waals surface area contributed by atoms with Gasteiger partial charge in [0.25, 0.3) is 5.91 Å². The average Bonchev–Trinajstić information content (AvgIpc) is 3.54. The smallest absolute Gasteiger partial charge is 0.417 e. The molecule has 1 fully saturated rings. The predicted octanol–water partition coefficient (Wildman–Crippen LogP) is 6.47. The molecule has 0 aliphatic carbocycles. The lowest BCUT2D eigenvalue weighted by Crippen LogP contribution is -2.48. The van der Waals surface area contributed by atoms with Gasteiger partial charge >= 0.3 is 12.1 Å². The number of fused-ring (bicyclic) bond motifs is 2. The number of primary amides is 1. The summed E-state index contributed by atoms with van der Waals surface area (Å²) in [5.41, 5.74) is 7.90. The molecule has 0 spiro atoms. The number of hydrogen-bond acceptors (Lipinski definition) is 7. The summed E-state index contributed by atoms with van der Waals surface area (Å²) in [4.78, 5) is 50.3. The van der Waals surface area contributed by atoms with Gasteiger partial charge in [0.1, 0.15) is 29.3 Å². The predicted molar refractivity (Wildman–Crippen MR) is 183 cm³/mol. The zero-order valence-electron chi connectivity index (χ0n) is 28.5. The summed E-state index contributed by atoms with van der Waals surface area (Å²) >= 11 is 6.42. The van der Waals surface area contributed by atoms with E-state index in [1.165, 1.54) is 4.90 Å². The lowest BCUT2D eigenvalue weighted by molar-refractivity contribution is -0.155. The van der Waals surface area contributed by atoms with Gasteiger partial charge in [-0.25, -0.2) is 9.37 Å². The minimum Gasteiger partial charge on any atom is -0.460 e. The average molecular weight is 729 g/mol. The van der Waals surface area contributed by atoms with Crippen LogP contribution in [0.2, 0.25) is 5.02 Å². The van der Waals surface area contributed by atoms with E-state index in [4.69, 9.17) is 27.1 Å². The zero-order chi connectivity index (χ0) is 37.0. The molecule has 3 aromatic heterocycles. The van der Waals surface area contributed by atoms with Crippen LogP contribution in [0.5, 0.6) is 0 Å². The highest BCUT2D eigenvalue weighted by molar-refractivity contribution is 6.33. The lowest BCUT2D eigenvalue weighted by Gasteiger charge is -2.35. The molecule has 10 nitrogen and oxygen atoms in total. The Morgan fingerprint density at radius 1 is 1.10 bits per heavy atom. The number of anilines is 1. The maximum absolute atomic E-state index is 13.9. The number of hydrogen-bond donors (Lipinski definition) is 1. The number of nitrogens with zero attached hydrogens (tertiary/aromatic N) is 5. The Hall–Kier alpha value is -4.72. The summed E-state index contributed by atoms with van der Waals surface area (Å²) in [6.45, 7) is 7.83. The van der Waals surface area contributed by atoms with Crippen LogP contribution in [0.25, 0.3) is 22.3 Å². The number of rotatable bonds is 10. The molecule has 0 bridgehead atoms. The fraction of sp³-hybridized carbons (Fsp3) is 0.417. The molecular formula is C36H37ClF4N6O4. The fourth-order valence-corrected chi connectivity index (χ4v) is 6.78. The van der Waals surface area contributed by atoms with E-state index in [9.17, 15) is 31.9 Å². The number of pyridine rings is 2. The van der Waals surface area contributed by atoms with E-state index in [-0.39, 0.29) is 49.1 Å². The van der Waals surface area contributed by atoms with Crippen molar-refractivity contribution in [3.05, 3.63) is 75.6 Å². The number of alkyl halides is 4. The topological polar surface area (TPSA) is 124 Å². The Bertz CT molecular complexity index is 2040. The second kappa shape index (κ2) is 13.4. The molecular weight excluding hydrogens is 692 g/mol. The van der Waals surface area contributed by atoms with Crippen molar-refractivity contribution in [2.45, 2.75) is 84.0 Å². The Balaban J connectivity index is 1.33. The van der Waals surface area contributed by atoms with Gasteiger partial charge in [-0.05, 0) is 69.0 Å². The number of nitrogens with two attached hydrogens (primary N) is 1. The van der Waals surface area contributed by atoms with Gasteiger partial charge in [-0.3, -0.25) is 19.4 Å². The fourth-order valence-electron chi connectivity index (χ4n) is 6.52. The first-order valence-electron chi connectivity index (χ1n) is 16.5. The third-order valence-corrected chi connectivity index (χ3v) is 9.26. The Morgan fingerprint density at radius 3 is 2.43 bits per heavy atom. The monoisotopic (exact) mass is 728 g/mol. The van der Waals surface area contributed by atoms with E-state index in [2.05, 4.69) is 4.98 Å². The minimum absolute atomic E-state index is 0.0142. The van der Waals surface area contributed by atoms with Gasteiger partial charge in [-0.2, -0.15) is 13.2 Å². The molecule has 4 aromatic rings. The van der Waals surface area contributed by atoms with Crippen LogP contribution in [-0.4, -0.2) is 68.1 Å². The number of halogens is 5. The van der Waals surface area contributed by atoms with Gasteiger partial charge in [-0.1, -0.05) is 30.7 Å². The molecule has 2 amide bonds. The summed E-state index contributed by atoms with van der Waals surface area (Å²) < 4.78 is 61.5. The van der Waals surface area contributed by atoms with Crippen molar-refractivity contribution in [3.8, 4) is 11.3 Å². The highest BCUT2D eigenvalue weighted by Gasteiger charge is 2.37. The van der Waals surface area contributed by atoms with E-state index < -0.39 is 41.4 Å². The van der Waals surface area contributed by atoms with Crippen molar-refractivity contribution < 1.29 is 36.7 Å². The lowest BCUT2D eigenvalue weighted by atomic mass is 10.1. The van der Waals surface area contributed by atoms with Crippen molar-refractivity contribution in [2.24, 2.45) is 5.73 Å². The molecule has 0 saturated carbocycles. The molecule has 2 aliphatic rings. The molecule has 15 heteroatoms. The second-order valence-electron chi connectivity index (χ2n) is 13.9. The number of esters is 1. The van der Waals surface area contributed by atoms with Gasteiger partial charge < -0.3 is 24.8 Å². The molecule has 1 atom stereocenters. The maximum Gasteiger partial charge on any atom is 0.417 e. The van der Waals surface area contributed by atoms with Crippen molar-refractivity contribution >= 4 is 46.2 Å². The van der Waals surface area contributed by atoms with Crippen LogP contribution in [0.1, 0.15) is 73.3 Å². The van der Waals surface area contributed by atoms with Crippen LogP contribution in [-0.2, 0) is 40.0 Å². The highest BCUT2D eigenvalue weighted by atomic mass is 35.5. The van der Waals surface area contributed by atoms with Crippen molar-refractivity contribution in [2.75, 3.05) is 18.0 Å². The Morgan fingerprint density at radius 2 is 1.82 bits per heavy atom. The van der Waals surface area contributed by atoms with Crippen molar-refractivity contribution in [1.82, 2.24) is 19.4 Å². The SMILES string of the molecule is CCc1cc2c(-c3ncc(C(F)(F)F)cc3Cl)cc(N3CC(F)C3)nc2n1Cc1ccc2c(c1)CN([C@@H](CCC(=O)OC(C)(C)C)C(N)=O)C2=O. The van der Waals surface area contributed by atoms with E-state index in [0.29, 0.717) is 46.5 Å². The third kappa shape index (κ3) is 7.37. The van der Waals surface area contributed by atoms with Gasteiger partial charge in [0.2, 0.25) is 5.91 Å². The van der Waals surface area contributed by atoms with E-state index >= 15 is 0 Å². The van der Waals surface area contributed by atoms with Crippen LogP contribution in [0.4, 0.5) is 23.4 Å².